The minimum atomic E-state index is 0.0443. The Morgan fingerprint density at radius 2 is 1.79 bits per heavy atom. The van der Waals surface area contributed by atoms with Gasteiger partial charge in [0, 0.05) is 37.8 Å². The van der Waals surface area contributed by atoms with E-state index in [0.29, 0.717) is 19.2 Å². The summed E-state index contributed by atoms with van der Waals surface area (Å²) in [6, 6.07) is 8.73. The zero-order chi connectivity index (χ0) is 20.5. The van der Waals surface area contributed by atoms with Crippen LogP contribution in [0.3, 0.4) is 0 Å². The van der Waals surface area contributed by atoms with E-state index in [4.69, 9.17) is 4.74 Å². The number of hydrogen-bond acceptors (Lipinski definition) is 4. The second kappa shape index (κ2) is 11.4. The van der Waals surface area contributed by atoms with Gasteiger partial charge in [-0.1, -0.05) is 32.0 Å². The molecule has 2 aliphatic heterocycles. The Morgan fingerprint density at radius 1 is 1.10 bits per heavy atom. The van der Waals surface area contributed by atoms with E-state index in [1.54, 1.807) is 0 Å². The molecule has 0 bridgehead atoms. The van der Waals surface area contributed by atoms with Gasteiger partial charge in [-0.05, 0) is 57.9 Å². The molecule has 2 heterocycles. The highest BCUT2D eigenvalue weighted by Crippen LogP contribution is 2.21. The van der Waals surface area contributed by atoms with Gasteiger partial charge in [-0.15, -0.1) is 0 Å². The lowest BCUT2D eigenvalue weighted by molar-refractivity contribution is 0.134. The minimum Gasteiger partial charge on any atom is -0.492 e. The van der Waals surface area contributed by atoms with E-state index >= 15 is 0 Å². The summed E-state index contributed by atoms with van der Waals surface area (Å²) < 4.78 is 6.01. The topological polar surface area (TPSA) is 48.1 Å². The van der Waals surface area contributed by atoms with Crippen molar-refractivity contribution in [3.63, 3.8) is 0 Å². The fourth-order valence-electron chi connectivity index (χ4n) is 4.44. The van der Waals surface area contributed by atoms with Crippen LogP contribution in [0.25, 0.3) is 0 Å². The summed E-state index contributed by atoms with van der Waals surface area (Å²) >= 11 is 0. The largest absolute Gasteiger partial charge is 0.492 e. The highest BCUT2D eigenvalue weighted by atomic mass is 16.5. The first kappa shape index (κ1) is 21.9. The van der Waals surface area contributed by atoms with E-state index in [1.165, 1.54) is 25.9 Å². The van der Waals surface area contributed by atoms with Crippen LogP contribution in [0.1, 0.15) is 45.1 Å². The molecule has 2 saturated heterocycles. The number of nitrogens with zero attached hydrogens (tertiary/aromatic N) is 3. The lowest BCUT2D eigenvalue weighted by Crippen LogP contribution is -2.48. The Hall–Kier alpha value is -1.79. The number of amides is 2. The summed E-state index contributed by atoms with van der Waals surface area (Å²) in [5.74, 6) is 0.868. The van der Waals surface area contributed by atoms with E-state index in [9.17, 15) is 4.79 Å². The Kier molecular flexibility index (Phi) is 8.62. The normalized spacial score (nSPS) is 18.4. The number of carbonyl (C=O) groups is 1. The molecule has 3 rings (SSSR count). The number of urea groups is 1. The van der Waals surface area contributed by atoms with Crippen LogP contribution in [-0.4, -0.2) is 79.2 Å². The molecular weight excluding hydrogens is 364 g/mol. The Bertz CT molecular complexity index is 621. The first-order valence-electron chi connectivity index (χ1n) is 11.4. The van der Waals surface area contributed by atoms with E-state index in [1.807, 2.05) is 29.2 Å². The molecule has 1 aromatic carbocycles. The molecule has 6 nitrogen and oxygen atoms in total. The van der Waals surface area contributed by atoms with Gasteiger partial charge in [-0.3, -0.25) is 0 Å². The average molecular weight is 403 g/mol. The number of carbonyl (C=O) groups excluding carboxylic acids is 1. The van der Waals surface area contributed by atoms with Crippen molar-refractivity contribution in [3.8, 4) is 5.75 Å². The number of nitrogens with one attached hydrogen (secondary N) is 1. The molecular formula is C23H38N4O2. The third-order valence-electron chi connectivity index (χ3n) is 6.37. The van der Waals surface area contributed by atoms with Crippen LogP contribution in [0.5, 0.6) is 5.75 Å². The molecule has 2 fully saturated rings. The van der Waals surface area contributed by atoms with Crippen molar-refractivity contribution < 1.29 is 9.53 Å². The van der Waals surface area contributed by atoms with Crippen LogP contribution in [0.15, 0.2) is 24.3 Å². The number of piperidine rings is 1. The predicted molar refractivity (Wildman–Crippen MR) is 117 cm³/mol. The number of para-hydroxylation sites is 1. The van der Waals surface area contributed by atoms with Crippen molar-refractivity contribution in [1.29, 1.82) is 0 Å². The summed E-state index contributed by atoms with van der Waals surface area (Å²) in [6.45, 7) is 12.7. The van der Waals surface area contributed by atoms with Crippen molar-refractivity contribution >= 4 is 6.03 Å². The van der Waals surface area contributed by atoms with Crippen LogP contribution >= 0.6 is 0 Å². The maximum atomic E-state index is 12.6. The monoisotopic (exact) mass is 402 g/mol. The third kappa shape index (κ3) is 6.34. The Morgan fingerprint density at radius 3 is 2.48 bits per heavy atom. The van der Waals surface area contributed by atoms with Crippen LogP contribution in [0.2, 0.25) is 0 Å². The Labute approximate surface area is 176 Å². The highest BCUT2D eigenvalue weighted by Gasteiger charge is 2.28. The lowest BCUT2D eigenvalue weighted by Gasteiger charge is -2.36. The number of likely N-dealkylation sites (tertiary alicyclic amines) is 2. The molecule has 0 saturated carbocycles. The summed E-state index contributed by atoms with van der Waals surface area (Å²) in [5, 5.41) is 3.10. The van der Waals surface area contributed by atoms with Gasteiger partial charge in [0.25, 0.3) is 0 Å². The molecule has 6 heteroatoms. The molecule has 1 N–H and O–H groups in total. The number of hydrogen-bond donors (Lipinski definition) is 1. The zero-order valence-electron chi connectivity index (χ0n) is 18.2. The molecule has 0 unspecified atom stereocenters. The van der Waals surface area contributed by atoms with Gasteiger partial charge in [0.2, 0.25) is 0 Å². The Balaban J connectivity index is 1.43. The summed E-state index contributed by atoms with van der Waals surface area (Å²) in [4.78, 5) is 19.6. The highest BCUT2D eigenvalue weighted by molar-refractivity contribution is 5.74. The number of rotatable bonds is 9. The van der Waals surface area contributed by atoms with Crippen LogP contribution in [0, 0.1) is 0 Å². The number of benzene rings is 1. The first-order chi connectivity index (χ1) is 14.2. The fourth-order valence-corrected chi connectivity index (χ4v) is 4.44. The van der Waals surface area contributed by atoms with E-state index < -0.39 is 0 Å². The van der Waals surface area contributed by atoms with Crippen molar-refractivity contribution in [1.82, 2.24) is 20.0 Å². The fraction of sp³-hybridized carbons (Fsp3) is 0.696. The quantitative estimate of drug-likeness (QED) is 0.689. The van der Waals surface area contributed by atoms with Crippen LogP contribution < -0.4 is 10.1 Å². The molecule has 29 heavy (non-hydrogen) atoms. The molecule has 0 spiro atoms. The second-order valence-corrected chi connectivity index (χ2v) is 8.10. The molecule has 0 radical (unpaired) electrons. The summed E-state index contributed by atoms with van der Waals surface area (Å²) in [6.07, 6.45) is 4.85. The molecule has 2 aliphatic rings. The van der Waals surface area contributed by atoms with E-state index in [0.717, 1.165) is 56.9 Å². The predicted octanol–water partition coefficient (Wildman–Crippen LogP) is 3.18. The lowest BCUT2D eigenvalue weighted by atomic mass is 10.0. The van der Waals surface area contributed by atoms with E-state index in [-0.39, 0.29) is 6.03 Å². The number of ether oxygens (including phenoxy) is 1. The maximum Gasteiger partial charge on any atom is 0.317 e. The minimum absolute atomic E-state index is 0.0443. The third-order valence-corrected chi connectivity index (χ3v) is 6.37. The van der Waals surface area contributed by atoms with Crippen molar-refractivity contribution in [3.05, 3.63) is 29.8 Å². The van der Waals surface area contributed by atoms with Gasteiger partial charge in [0.15, 0.2) is 0 Å². The second-order valence-electron chi connectivity index (χ2n) is 8.10. The SMILES string of the molecule is CCN(CC)CCOc1ccccc1CNC(=O)N1CCC(N2CCCC2)CC1. The maximum absolute atomic E-state index is 12.6. The molecule has 1 aromatic rings. The molecule has 0 aromatic heterocycles. The van der Waals surface area contributed by atoms with Gasteiger partial charge in [0.1, 0.15) is 12.4 Å². The van der Waals surface area contributed by atoms with Gasteiger partial charge < -0.3 is 24.8 Å². The number of likely N-dealkylation sites (N-methyl/N-ethyl adjacent to an activating group) is 1. The molecule has 2 amide bonds. The zero-order valence-corrected chi connectivity index (χ0v) is 18.2. The smallest absolute Gasteiger partial charge is 0.317 e. The van der Waals surface area contributed by atoms with Crippen LogP contribution in [0.4, 0.5) is 4.79 Å². The van der Waals surface area contributed by atoms with Gasteiger partial charge >= 0.3 is 6.03 Å². The van der Waals surface area contributed by atoms with E-state index in [2.05, 4.69) is 29.0 Å². The molecule has 0 aliphatic carbocycles. The summed E-state index contributed by atoms with van der Waals surface area (Å²) in [5.41, 5.74) is 1.03. The van der Waals surface area contributed by atoms with Crippen molar-refractivity contribution in [2.45, 2.75) is 52.1 Å². The van der Waals surface area contributed by atoms with Crippen molar-refractivity contribution in [2.75, 3.05) is 52.4 Å². The first-order valence-corrected chi connectivity index (χ1v) is 11.4. The van der Waals surface area contributed by atoms with Gasteiger partial charge in [-0.25, -0.2) is 4.79 Å². The van der Waals surface area contributed by atoms with Crippen LogP contribution in [-0.2, 0) is 6.54 Å². The standard InChI is InChI=1S/C23H38N4O2/c1-3-25(4-2)17-18-29-22-10-6-5-9-20(22)19-24-23(28)27-15-11-21(12-16-27)26-13-7-8-14-26/h5-6,9-10,21H,3-4,7-8,11-19H2,1-2H3,(H,24,28). The van der Waals surface area contributed by atoms with Gasteiger partial charge in [-0.2, -0.15) is 0 Å². The molecule has 162 valence electrons. The summed E-state index contributed by atoms with van der Waals surface area (Å²) in [7, 11) is 0. The van der Waals surface area contributed by atoms with Gasteiger partial charge in [0.05, 0.1) is 0 Å². The van der Waals surface area contributed by atoms with Crippen molar-refractivity contribution in [2.24, 2.45) is 0 Å². The molecule has 0 atom stereocenters. The average Bonchev–Trinajstić information content (AvgIpc) is 3.31.